The van der Waals surface area contributed by atoms with Gasteiger partial charge in [0.2, 0.25) is 0 Å². The van der Waals surface area contributed by atoms with Crippen molar-refractivity contribution in [2.45, 2.75) is 13.0 Å². The van der Waals surface area contributed by atoms with Crippen molar-refractivity contribution in [2.75, 3.05) is 24.3 Å². The topological polar surface area (TPSA) is 41.5 Å². The van der Waals surface area contributed by atoms with Gasteiger partial charge in [0.15, 0.2) is 0 Å². The van der Waals surface area contributed by atoms with Crippen molar-refractivity contribution in [3.63, 3.8) is 0 Å². The number of ether oxygens (including phenoxy) is 1. The second-order valence-electron chi connectivity index (χ2n) is 3.26. The molecular formula is C11H15ClFNO2. The maximum absolute atomic E-state index is 13.0. The van der Waals surface area contributed by atoms with Gasteiger partial charge in [0.25, 0.3) is 0 Å². The lowest BCUT2D eigenvalue weighted by Crippen LogP contribution is -2.21. The Kier molecular flexibility index (Phi) is 5.35. The Labute approximate surface area is 99.2 Å². The summed E-state index contributed by atoms with van der Waals surface area (Å²) in [6.07, 6.45) is -0.667. The van der Waals surface area contributed by atoms with Crippen LogP contribution < -0.4 is 10.1 Å². The van der Waals surface area contributed by atoms with Crippen LogP contribution in [0.25, 0.3) is 0 Å². The van der Waals surface area contributed by atoms with E-state index in [1.165, 1.54) is 12.1 Å². The number of anilines is 1. The van der Waals surface area contributed by atoms with Gasteiger partial charge in [-0.15, -0.1) is 11.6 Å². The number of nitrogens with one attached hydrogen (secondary N) is 1. The summed E-state index contributed by atoms with van der Waals surface area (Å²) in [4.78, 5) is 0. The number of alkyl halides is 1. The molecule has 0 saturated heterocycles. The first-order valence-corrected chi connectivity index (χ1v) is 5.61. The lowest BCUT2D eigenvalue weighted by Gasteiger charge is -2.14. The molecule has 0 amide bonds. The minimum atomic E-state index is -0.667. The van der Waals surface area contributed by atoms with E-state index in [0.717, 1.165) is 0 Å². The standard InChI is InChI=1S/C11H15ClFNO2/c1-2-16-11-4-3-8(13)5-10(11)14-7-9(15)6-12/h3-5,9,14-15H,2,6-7H2,1H3. The highest BCUT2D eigenvalue weighted by molar-refractivity contribution is 6.18. The summed E-state index contributed by atoms with van der Waals surface area (Å²) in [6, 6.07) is 4.20. The molecule has 2 N–H and O–H groups in total. The molecule has 0 heterocycles. The van der Waals surface area contributed by atoms with Crippen molar-refractivity contribution >= 4 is 17.3 Å². The monoisotopic (exact) mass is 247 g/mol. The molecule has 1 unspecified atom stereocenters. The predicted octanol–water partition coefficient (Wildman–Crippen LogP) is 2.24. The smallest absolute Gasteiger partial charge is 0.142 e. The molecule has 0 aliphatic carbocycles. The van der Waals surface area contributed by atoms with Crippen molar-refractivity contribution < 1.29 is 14.2 Å². The van der Waals surface area contributed by atoms with Crippen LogP contribution in [0, 0.1) is 5.82 Å². The van der Waals surface area contributed by atoms with Crippen molar-refractivity contribution in [3.8, 4) is 5.75 Å². The molecule has 0 aliphatic rings. The summed E-state index contributed by atoms with van der Waals surface area (Å²) in [5, 5.41) is 12.2. The molecule has 1 atom stereocenters. The quantitative estimate of drug-likeness (QED) is 0.758. The first kappa shape index (κ1) is 13.1. The fourth-order valence-corrected chi connectivity index (χ4v) is 1.31. The Morgan fingerprint density at radius 1 is 1.56 bits per heavy atom. The molecule has 0 fully saturated rings. The number of hydrogen-bond acceptors (Lipinski definition) is 3. The van der Waals surface area contributed by atoms with E-state index in [1.54, 1.807) is 6.07 Å². The van der Waals surface area contributed by atoms with Crippen LogP contribution in [0.2, 0.25) is 0 Å². The molecule has 1 aromatic rings. The Balaban J connectivity index is 2.71. The second kappa shape index (κ2) is 6.55. The maximum Gasteiger partial charge on any atom is 0.142 e. The van der Waals surface area contributed by atoms with Gasteiger partial charge in [-0.1, -0.05) is 0 Å². The third kappa shape index (κ3) is 3.87. The van der Waals surface area contributed by atoms with Crippen LogP contribution in [-0.2, 0) is 0 Å². The predicted molar refractivity (Wildman–Crippen MR) is 62.8 cm³/mol. The zero-order valence-corrected chi connectivity index (χ0v) is 9.80. The molecule has 0 saturated carbocycles. The van der Waals surface area contributed by atoms with Gasteiger partial charge < -0.3 is 15.2 Å². The highest BCUT2D eigenvalue weighted by Crippen LogP contribution is 2.25. The average molecular weight is 248 g/mol. The van der Waals surface area contributed by atoms with E-state index in [1.807, 2.05) is 6.92 Å². The molecular weight excluding hydrogens is 233 g/mol. The molecule has 0 aromatic heterocycles. The van der Waals surface area contributed by atoms with E-state index in [9.17, 15) is 9.50 Å². The fourth-order valence-electron chi connectivity index (χ4n) is 1.20. The van der Waals surface area contributed by atoms with Crippen LogP contribution in [0.4, 0.5) is 10.1 Å². The summed E-state index contributed by atoms with van der Waals surface area (Å²) in [6.45, 7) is 2.60. The van der Waals surface area contributed by atoms with Gasteiger partial charge >= 0.3 is 0 Å². The van der Waals surface area contributed by atoms with Crippen LogP contribution in [0.1, 0.15) is 6.92 Å². The van der Waals surface area contributed by atoms with Crippen molar-refractivity contribution in [2.24, 2.45) is 0 Å². The fraction of sp³-hybridized carbons (Fsp3) is 0.455. The first-order valence-electron chi connectivity index (χ1n) is 5.07. The summed E-state index contributed by atoms with van der Waals surface area (Å²) in [5.41, 5.74) is 0.519. The van der Waals surface area contributed by atoms with Gasteiger partial charge in [-0.3, -0.25) is 0 Å². The number of hydrogen-bond donors (Lipinski definition) is 2. The largest absolute Gasteiger partial charge is 0.492 e. The van der Waals surface area contributed by atoms with Gasteiger partial charge in [-0.2, -0.15) is 0 Å². The van der Waals surface area contributed by atoms with Crippen LogP contribution >= 0.6 is 11.6 Å². The van der Waals surface area contributed by atoms with Gasteiger partial charge in [-0.05, 0) is 19.1 Å². The first-order chi connectivity index (χ1) is 7.67. The lowest BCUT2D eigenvalue weighted by atomic mass is 10.2. The minimum Gasteiger partial charge on any atom is -0.492 e. The number of halogens is 2. The third-order valence-corrected chi connectivity index (χ3v) is 2.30. The molecule has 5 heteroatoms. The molecule has 16 heavy (non-hydrogen) atoms. The van der Waals surface area contributed by atoms with Gasteiger partial charge in [-0.25, -0.2) is 4.39 Å². The number of rotatable bonds is 6. The van der Waals surface area contributed by atoms with Crippen molar-refractivity contribution in [3.05, 3.63) is 24.0 Å². The van der Waals surface area contributed by atoms with Gasteiger partial charge in [0.05, 0.1) is 24.3 Å². The number of aliphatic hydroxyl groups excluding tert-OH is 1. The van der Waals surface area contributed by atoms with Crippen LogP contribution in [0.3, 0.4) is 0 Å². The Hall–Kier alpha value is -1.00. The number of benzene rings is 1. The van der Waals surface area contributed by atoms with E-state index in [2.05, 4.69) is 5.32 Å². The summed E-state index contributed by atoms with van der Waals surface area (Å²) < 4.78 is 18.3. The molecule has 3 nitrogen and oxygen atoms in total. The highest BCUT2D eigenvalue weighted by Gasteiger charge is 2.07. The molecule has 0 aliphatic heterocycles. The SMILES string of the molecule is CCOc1ccc(F)cc1NCC(O)CCl. The molecule has 0 bridgehead atoms. The molecule has 90 valence electrons. The molecule has 1 aromatic carbocycles. The maximum atomic E-state index is 13.0. The minimum absolute atomic E-state index is 0.131. The van der Waals surface area contributed by atoms with Crippen LogP contribution in [0.5, 0.6) is 5.75 Å². The highest BCUT2D eigenvalue weighted by atomic mass is 35.5. The summed E-state index contributed by atoms with van der Waals surface area (Å²) in [5.74, 6) is 0.337. The van der Waals surface area contributed by atoms with Crippen molar-refractivity contribution in [1.82, 2.24) is 0 Å². The second-order valence-corrected chi connectivity index (χ2v) is 3.57. The van der Waals surface area contributed by atoms with Crippen LogP contribution in [0.15, 0.2) is 18.2 Å². The van der Waals surface area contributed by atoms with Crippen molar-refractivity contribution in [1.29, 1.82) is 0 Å². The molecule has 0 radical (unpaired) electrons. The van der Waals surface area contributed by atoms with Crippen LogP contribution in [-0.4, -0.2) is 30.2 Å². The summed E-state index contributed by atoms with van der Waals surface area (Å²) in [7, 11) is 0. The Morgan fingerprint density at radius 2 is 2.31 bits per heavy atom. The van der Waals surface area contributed by atoms with E-state index < -0.39 is 6.10 Å². The van der Waals surface area contributed by atoms with E-state index in [-0.39, 0.29) is 18.2 Å². The van der Waals surface area contributed by atoms with E-state index in [4.69, 9.17) is 16.3 Å². The summed E-state index contributed by atoms with van der Waals surface area (Å²) >= 11 is 5.46. The zero-order valence-electron chi connectivity index (χ0n) is 9.04. The molecule has 1 rings (SSSR count). The normalized spacial score (nSPS) is 12.2. The molecule has 0 spiro atoms. The number of aliphatic hydroxyl groups is 1. The Morgan fingerprint density at radius 3 is 2.94 bits per heavy atom. The lowest BCUT2D eigenvalue weighted by molar-refractivity contribution is 0.211. The van der Waals surface area contributed by atoms with E-state index in [0.29, 0.717) is 18.0 Å². The van der Waals surface area contributed by atoms with Gasteiger partial charge in [0, 0.05) is 12.6 Å². The zero-order chi connectivity index (χ0) is 12.0. The van der Waals surface area contributed by atoms with E-state index >= 15 is 0 Å². The average Bonchev–Trinajstić information content (AvgIpc) is 2.29. The Bertz CT molecular complexity index is 336. The van der Waals surface area contributed by atoms with Gasteiger partial charge in [0.1, 0.15) is 11.6 Å². The third-order valence-electron chi connectivity index (χ3n) is 1.95.